The van der Waals surface area contributed by atoms with E-state index >= 15 is 0 Å². The van der Waals surface area contributed by atoms with Crippen LogP contribution in [0.25, 0.3) is 22.3 Å². The first-order chi connectivity index (χ1) is 28.4. The Morgan fingerprint density at radius 3 is 1.30 bits per heavy atom. The van der Waals surface area contributed by atoms with Crippen LogP contribution in [0.5, 0.6) is 0 Å². The molecule has 0 saturated carbocycles. The Hall–Kier alpha value is -6.09. The van der Waals surface area contributed by atoms with Gasteiger partial charge in [-0.1, -0.05) is 152 Å². The molecule has 0 aliphatic carbocycles. The molecule has 0 fully saturated rings. The minimum atomic E-state index is -4.30. The molecule has 2 aromatic heterocycles. The Morgan fingerprint density at radius 1 is 0.550 bits per heavy atom. The minimum Gasteiger partial charge on any atom is -0.657 e. The second-order valence-corrected chi connectivity index (χ2v) is 15.3. The quantitative estimate of drug-likeness (QED) is 0.127. The second kappa shape index (κ2) is 22.3. The van der Waals surface area contributed by atoms with Gasteiger partial charge in [-0.2, -0.15) is 8.42 Å². The Labute approximate surface area is 365 Å². The summed E-state index contributed by atoms with van der Waals surface area (Å²) in [7, 11) is -4.30. The summed E-state index contributed by atoms with van der Waals surface area (Å²) in [6.07, 6.45) is 11.5. The van der Waals surface area contributed by atoms with E-state index in [9.17, 15) is 13.0 Å². The van der Waals surface area contributed by atoms with Crippen LogP contribution >= 0.6 is 0 Å². The summed E-state index contributed by atoms with van der Waals surface area (Å²) in [6.45, 7) is 20.3. The van der Waals surface area contributed by atoms with Crippen LogP contribution in [0, 0.1) is 20.8 Å². The summed E-state index contributed by atoms with van der Waals surface area (Å²) in [6, 6.07) is 38.8. The molecule has 1 radical (unpaired) electrons. The Balaban J connectivity index is 0.000000212. The third-order valence-corrected chi connectivity index (χ3v) is 10.7. The molecule has 60 heavy (non-hydrogen) atoms. The number of hydrogen-bond donors (Lipinski definition) is 1. The first-order valence-corrected chi connectivity index (χ1v) is 20.7. The monoisotopic (exact) mass is 861 g/mol. The van der Waals surface area contributed by atoms with E-state index in [0.29, 0.717) is 16.5 Å². The zero-order valence-corrected chi connectivity index (χ0v) is 36.4. The third-order valence-electron chi connectivity index (χ3n) is 9.80. The maximum Gasteiger partial charge on any atom is 2.00 e. The summed E-state index contributed by atoms with van der Waals surface area (Å²) >= 11 is 0. The Kier molecular flexibility index (Phi) is 17.3. The van der Waals surface area contributed by atoms with Crippen LogP contribution in [0.2, 0.25) is 0 Å². The first kappa shape index (κ1) is 46.6. The van der Waals surface area contributed by atoms with Crippen molar-refractivity contribution in [3.05, 3.63) is 220 Å². The molecule has 4 heterocycles. The predicted octanol–water partition coefficient (Wildman–Crippen LogP) is 9.27. The molecule has 1 N–H and O–H groups in total. The second-order valence-electron chi connectivity index (χ2n) is 13.9. The molecule has 0 atom stereocenters. The van der Waals surface area contributed by atoms with Crippen LogP contribution in [0.4, 0.5) is 0 Å². The van der Waals surface area contributed by atoms with E-state index in [1.807, 2.05) is 91.9 Å². The molecule has 2 aliphatic heterocycles. The number of rotatable bonds is 7. The zero-order chi connectivity index (χ0) is 42.4. The van der Waals surface area contributed by atoms with E-state index in [0.717, 1.165) is 63.2 Å². The van der Waals surface area contributed by atoms with Gasteiger partial charge >= 0.3 is 17.1 Å². The molecule has 0 amide bonds. The number of hydrogen-bond acceptors (Lipinski definition) is 4. The smallest absolute Gasteiger partial charge is 0.657 e. The normalized spacial score (nSPS) is 13.1. The maximum atomic E-state index is 11.6. The van der Waals surface area contributed by atoms with E-state index in [1.165, 1.54) is 22.8 Å². The van der Waals surface area contributed by atoms with Crippen molar-refractivity contribution >= 4 is 44.8 Å². The zero-order valence-electron chi connectivity index (χ0n) is 34.6. The van der Waals surface area contributed by atoms with Crippen LogP contribution in [0.1, 0.15) is 64.2 Å². The molecular weight excluding hydrogens is 812 g/mol. The molecule has 9 heteroatoms. The molecule has 0 saturated heterocycles. The summed E-state index contributed by atoms with van der Waals surface area (Å²) < 4.78 is 32.8. The van der Waals surface area contributed by atoms with Crippen LogP contribution in [0.3, 0.4) is 0 Å². The van der Waals surface area contributed by atoms with Crippen molar-refractivity contribution in [2.45, 2.75) is 39.5 Å². The molecule has 8 rings (SSSR count). The van der Waals surface area contributed by atoms with E-state index in [1.54, 1.807) is 37.6 Å². The van der Waals surface area contributed by atoms with Crippen LogP contribution < -0.4 is 20.7 Å². The van der Waals surface area contributed by atoms with Crippen molar-refractivity contribution in [2.75, 3.05) is 13.1 Å². The van der Waals surface area contributed by atoms with Crippen molar-refractivity contribution in [1.82, 2.24) is 9.97 Å². The molecule has 7 nitrogen and oxygen atoms in total. The molecule has 6 aromatic rings. The van der Waals surface area contributed by atoms with Crippen molar-refractivity contribution < 1.29 is 30.0 Å². The molecule has 0 bridgehead atoms. The summed E-state index contributed by atoms with van der Waals surface area (Å²) in [5.74, 6) is 0. The number of aryl methyl sites for hydroxylation is 3. The first-order valence-electron chi connectivity index (χ1n) is 19.3. The van der Waals surface area contributed by atoms with Gasteiger partial charge in [0.05, 0.1) is 13.1 Å². The van der Waals surface area contributed by atoms with Crippen LogP contribution in [-0.4, -0.2) is 38.5 Å². The molecule has 2 aliphatic rings. The van der Waals surface area contributed by atoms with Crippen molar-refractivity contribution in [2.24, 2.45) is 9.98 Å². The fourth-order valence-electron chi connectivity index (χ4n) is 6.46. The van der Waals surface area contributed by atoms with Crippen molar-refractivity contribution in [3.63, 3.8) is 0 Å². The molecule has 0 spiro atoms. The summed E-state index contributed by atoms with van der Waals surface area (Å²) in [5.41, 5.74) is 12.9. The summed E-state index contributed by atoms with van der Waals surface area (Å²) in [5, 5.41) is 1.53. The minimum absolute atomic E-state index is 0. The van der Waals surface area contributed by atoms with Gasteiger partial charge in [-0.3, -0.25) is 14.5 Å². The Morgan fingerprint density at radius 2 is 0.933 bits per heavy atom. The maximum absolute atomic E-state index is 11.6. The average molecular weight is 863 g/mol. The van der Waals surface area contributed by atoms with Gasteiger partial charge in [-0.15, -0.1) is 22.1 Å². The number of aromatic nitrogens is 2. The van der Waals surface area contributed by atoms with E-state index in [-0.39, 0.29) is 22.0 Å². The Bertz CT molecular complexity index is 2690. The topological polar surface area (TPSA) is 107 Å². The number of benzene rings is 4. The van der Waals surface area contributed by atoms with Gasteiger partial charge < -0.3 is 9.97 Å². The number of nitrogens with zero attached hydrogens (tertiary/aromatic N) is 4. The average Bonchev–Trinajstić information content (AvgIpc) is 4.10. The van der Waals surface area contributed by atoms with Gasteiger partial charge in [0.15, 0.2) is 0 Å². The van der Waals surface area contributed by atoms with Gasteiger partial charge in [0.1, 0.15) is 4.90 Å². The van der Waals surface area contributed by atoms with Crippen LogP contribution in [0.15, 0.2) is 174 Å². The van der Waals surface area contributed by atoms with E-state index < -0.39 is 10.1 Å². The number of allylic oxidation sites excluding steroid dienone is 2. The number of aliphatic imine (C=N–C) groups is 2. The van der Waals surface area contributed by atoms with Gasteiger partial charge in [0.2, 0.25) is 0 Å². The standard InChI is InChI=1S/C22H20N.C21H20NO3S.2C4H5N.Cu/c1-15-9-5-7-11-19(15)17(3)21-13-14-22(23-21)18(4)20-12-8-6-10-16(20)2;1-14-8-4-5-9-17(14)15(2)19-12-13-20(22-19)16(3)18-10-6-7-11-21(18)26(23,24)25;2*1-2-4-5-3-1;/h5-14H,3-4H2,1-2H3;4-13H,1-3H3,(H,23,24,25);2*1-3H,4H2;/q2*-1;;;+2/b;19-15+,20-16+;;;. The van der Waals surface area contributed by atoms with Crippen LogP contribution in [-0.2, 0) is 27.2 Å². The summed E-state index contributed by atoms with van der Waals surface area (Å²) in [4.78, 5) is 17.0. The van der Waals surface area contributed by atoms with Gasteiger partial charge in [0, 0.05) is 12.4 Å². The molecular formula is C51H50CuN4O3S. The largest absolute Gasteiger partial charge is 2.00 e. The van der Waals surface area contributed by atoms with E-state index in [2.05, 4.69) is 85.3 Å². The molecule has 0 unspecified atom stereocenters. The molecule has 4 aromatic carbocycles. The van der Waals surface area contributed by atoms with Gasteiger partial charge in [-0.05, 0) is 103 Å². The predicted molar refractivity (Wildman–Crippen MR) is 246 cm³/mol. The van der Waals surface area contributed by atoms with Crippen molar-refractivity contribution in [3.8, 4) is 0 Å². The fraction of sp³-hybridized carbons (Fsp3) is 0.137. The SMILES string of the molecule is C/C(c1ccccc1C)=c1/cc/c(=C(/C)c2ccccc2S(=O)(=O)O)[n-]1.C1=CCN=C1.C1=CCN=C1.C=C(c1ccc(C(=C)c2ccccc2C)[n-]1)c1ccccc1C.[Cu+2]. The molecule has 309 valence electrons. The third kappa shape index (κ3) is 12.5. The van der Waals surface area contributed by atoms with E-state index in [4.69, 9.17) is 4.98 Å². The fourth-order valence-corrected chi connectivity index (χ4v) is 7.21. The van der Waals surface area contributed by atoms with Gasteiger partial charge in [0.25, 0.3) is 10.1 Å². The van der Waals surface area contributed by atoms with Gasteiger partial charge in [-0.25, -0.2) is 0 Å². The van der Waals surface area contributed by atoms with Crippen molar-refractivity contribution in [1.29, 1.82) is 0 Å².